The maximum atomic E-state index is 13.1. The molecule has 2 amide bonds. The van der Waals surface area contributed by atoms with Crippen LogP contribution in [0, 0.1) is 16.0 Å². The molecule has 1 unspecified atom stereocenters. The molecule has 1 saturated heterocycles. The van der Waals surface area contributed by atoms with Crippen LogP contribution >= 0.6 is 11.6 Å². The molecular formula is C20H21ClN4O4. The number of anilines is 1. The number of nitrogens with zero attached hydrogens (tertiary/aromatic N) is 2. The standard InChI is InChI=1S/C20H21ClN4O4/c21-16-7-6-15(12-17(16)25(28)29)23-20(27)18(13-4-2-1-3-5-13)24-10-8-14(9-11-24)19(22)26/h1-7,12,14,18H,8-11H2,(H2,22,26)(H,23,27). The highest BCUT2D eigenvalue weighted by Crippen LogP contribution is 2.30. The number of primary amides is 1. The molecule has 0 spiro atoms. The highest BCUT2D eigenvalue weighted by atomic mass is 35.5. The smallest absolute Gasteiger partial charge is 0.289 e. The number of benzene rings is 2. The maximum absolute atomic E-state index is 13.1. The second kappa shape index (κ2) is 9.02. The molecule has 0 aliphatic carbocycles. The molecule has 3 rings (SSSR count). The van der Waals surface area contributed by atoms with Crippen molar-refractivity contribution in [2.45, 2.75) is 18.9 Å². The number of piperidine rings is 1. The Balaban J connectivity index is 1.83. The van der Waals surface area contributed by atoms with Crippen LogP contribution in [0.4, 0.5) is 11.4 Å². The summed E-state index contributed by atoms with van der Waals surface area (Å²) in [5.74, 6) is -0.825. The number of rotatable bonds is 6. The summed E-state index contributed by atoms with van der Waals surface area (Å²) in [6.45, 7) is 1.09. The van der Waals surface area contributed by atoms with Crippen LogP contribution in [-0.2, 0) is 9.59 Å². The minimum Gasteiger partial charge on any atom is -0.369 e. The van der Waals surface area contributed by atoms with E-state index in [0.29, 0.717) is 31.6 Å². The van der Waals surface area contributed by atoms with Crippen LogP contribution in [-0.4, -0.2) is 34.7 Å². The Morgan fingerprint density at radius 1 is 1.17 bits per heavy atom. The number of nitrogens with one attached hydrogen (secondary N) is 1. The van der Waals surface area contributed by atoms with Gasteiger partial charge >= 0.3 is 0 Å². The fourth-order valence-corrected chi connectivity index (χ4v) is 3.73. The third-order valence-electron chi connectivity index (χ3n) is 5.07. The lowest BCUT2D eigenvalue weighted by molar-refractivity contribution is -0.384. The van der Waals surface area contributed by atoms with Gasteiger partial charge < -0.3 is 11.1 Å². The van der Waals surface area contributed by atoms with E-state index < -0.39 is 11.0 Å². The number of hydrogen-bond donors (Lipinski definition) is 2. The molecule has 1 heterocycles. The fraction of sp³-hybridized carbons (Fsp3) is 0.300. The zero-order valence-corrected chi connectivity index (χ0v) is 16.3. The van der Waals surface area contributed by atoms with Crippen molar-refractivity contribution in [2.75, 3.05) is 18.4 Å². The van der Waals surface area contributed by atoms with E-state index in [9.17, 15) is 19.7 Å². The Morgan fingerprint density at radius 2 is 1.83 bits per heavy atom. The molecule has 1 aliphatic heterocycles. The molecular weight excluding hydrogens is 396 g/mol. The summed E-state index contributed by atoms with van der Waals surface area (Å²) in [7, 11) is 0. The third-order valence-corrected chi connectivity index (χ3v) is 5.39. The summed E-state index contributed by atoms with van der Waals surface area (Å²) < 4.78 is 0. The number of carbonyl (C=O) groups excluding carboxylic acids is 2. The van der Waals surface area contributed by atoms with Crippen LogP contribution in [0.25, 0.3) is 0 Å². The average Bonchev–Trinajstić information content (AvgIpc) is 2.70. The van der Waals surface area contributed by atoms with E-state index >= 15 is 0 Å². The van der Waals surface area contributed by atoms with Gasteiger partial charge in [0.2, 0.25) is 11.8 Å². The number of amides is 2. The average molecular weight is 417 g/mol. The van der Waals surface area contributed by atoms with Gasteiger partial charge in [-0.15, -0.1) is 0 Å². The molecule has 2 aromatic rings. The van der Waals surface area contributed by atoms with E-state index in [2.05, 4.69) is 5.32 Å². The molecule has 29 heavy (non-hydrogen) atoms. The van der Waals surface area contributed by atoms with Crippen molar-refractivity contribution < 1.29 is 14.5 Å². The lowest BCUT2D eigenvalue weighted by Gasteiger charge is -2.36. The van der Waals surface area contributed by atoms with Gasteiger partial charge in [0.05, 0.1) is 4.92 Å². The van der Waals surface area contributed by atoms with Gasteiger partial charge in [-0.05, 0) is 43.6 Å². The fourth-order valence-electron chi connectivity index (χ4n) is 3.55. The van der Waals surface area contributed by atoms with Crippen molar-refractivity contribution in [3.8, 4) is 0 Å². The number of nitrogens with two attached hydrogens (primary N) is 1. The SMILES string of the molecule is NC(=O)C1CCN(C(C(=O)Nc2ccc(Cl)c([N+](=O)[O-])c2)c2ccccc2)CC1. The third kappa shape index (κ3) is 4.90. The van der Waals surface area contributed by atoms with Gasteiger partial charge in [0.15, 0.2) is 0 Å². The van der Waals surface area contributed by atoms with E-state index in [1.54, 1.807) is 0 Å². The summed E-state index contributed by atoms with van der Waals surface area (Å²) in [5.41, 5.74) is 6.22. The molecule has 0 aromatic heterocycles. The number of nitro groups is 1. The second-order valence-electron chi connectivity index (χ2n) is 6.94. The van der Waals surface area contributed by atoms with Crippen LogP contribution in [0.5, 0.6) is 0 Å². The first-order valence-corrected chi connectivity index (χ1v) is 9.57. The predicted molar refractivity (Wildman–Crippen MR) is 109 cm³/mol. The van der Waals surface area contributed by atoms with Crippen molar-refractivity contribution in [3.05, 3.63) is 69.2 Å². The van der Waals surface area contributed by atoms with Crippen LogP contribution < -0.4 is 11.1 Å². The minimum absolute atomic E-state index is 0.00105. The molecule has 1 fully saturated rings. The molecule has 0 bridgehead atoms. The Hall–Kier alpha value is -2.97. The molecule has 1 aliphatic rings. The van der Waals surface area contributed by atoms with Gasteiger partial charge in [0.25, 0.3) is 5.69 Å². The molecule has 0 radical (unpaired) electrons. The zero-order chi connectivity index (χ0) is 21.0. The first kappa shape index (κ1) is 20.8. The monoisotopic (exact) mass is 416 g/mol. The molecule has 0 saturated carbocycles. The summed E-state index contributed by atoms with van der Waals surface area (Å²) in [6, 6.07) is 12.8. The van der Waals surface area contributed by atoms with Gasteiger partial charge in [-0.25, -0.2) is 0 Å². The van der Waals surface area contributed by atoms with Crippen LogP contribution in [0.2, 0.25) is 5.02 Å². The van der Waals surface area contributed by atoms with Crippen LogP contribution in [0.3, 0.4) is 0 Å². The van der Waals surface area contributed by atoms with Gasteiger partial charge in [-0.2, -0.15) is 0 Å². The van der Waals surface area contributed by atoms with Crippen molar-refractivity contribution in [1.82, 2.24) is 4.90 Å². The normalized spacial score (nSPS) is 16.2. The van der Waals surface area contributed by atoms with Crippen molar-refractivity contribution in [1.29, 1.82) is 0 Å². The van der Waals surface area contributed by atoms with Gasteiger partial charge in [-0.1, -0.05) is 41.9 Å². The lowest BCUT2D eigenvalue weighted by Crippen LogP contribution is -2.44. The van der Waals surface area contributed by atoms with Crippen molar-refractivity contribution in [2.24, 2.45) is 11.7 Å². The van der Waals surface area contributed by atoms with E-state index in [-0.39, 0.29) is 28.4 Å². The second-order valence-corrected chi connectivity index (χ2v) is 7.35. The topological polar surface area (TPSA) is 119 Å². The summed E-state index contributed by atoms with van der Waals surface area (Å²) >= 11 is 5.85. The van der Waals surface area contributed by atoms with Crippen molar-refractivity contribution in [3.63, 3.8) is 0 Å². The predicted octanol–water partition coefficient (Wildman–Crippen LogP) is 3.13. The van der Waals surface area contributed by atoms with E-state index in [1.165, 1.54) is 18.2 Å². The van der Waals surface area contributed by atoms with Gasteiger partial charge in [0.1, 0.15) is 11.1 Å². The molecule has 152 valence electrons. The quantitative estimate of drug-likeness (QED) is 0.554. The summed E-state index contributed by atoms with van der Waals surface area (Å²) in [5, 5.41) is 13.9. The number of hydrogen-bond acceptors (Lipinski definition) is 5. The summed E-state index contributed by atoms with van der Waals surface area (Å²) in [4.78, 5) is 37.1. The first-order valence-electron chi connectivity index (χ1n) is 9.20. The number of carbonyl (C=O) groups is 2. The van der Waals surface area contributed by atoms with Crippen LogP contribution in [0.1, 0.15) is 24.4 Å². The highest BCUT2D eigenvalue weighted by molar-refractivity contribution is 6.32. The molecule has 8 nitrogen and oxygen atoms in total. The van der Waals surface area contributed by atoms with Crippen LogP contribution in [0.15, 0.2) is 48.5 Å². The van der Waals surface area contributed by atoms with E-state index in [4.69, 9.17) is 17.3 Å². The first-order chi connectivity index (χ1) is 13.9. The Kier molecular flexibility index (Phi) is 6.46. The molecule has 2 aromatic carbocycles. The highest BCUT2D eigenvalue weighted by Gasteiger charge is 2.32. The molecule has 9 heteroatoms. The largest absolute Gasteiger partial charge is 0.369 e. The van der Waals surface area contributed by atoms with Gasteiger partial charge in [0, 0.05) is 17.7 Å². The Morgan fingerprint density at radius 3 is 2.41 bits per heavy atom. The Bertz CT molecular complexity index is 914. The van der Waals surface area contributed by atoms with Gasteiger partial charge in [-0.3, -0.25) is 24.6 Å². The zero-order valence-electron chi connectivity index (χ0n) is 15.6. The Labute approximate surface area is 172 Å². The minimum atomic E-state index is -0.597. The molecule has 1 atom stereocenters. The lowest BCUT2D eigenvalue weighted by atomic mass is 9.93. The maximum Gasteiger partial charge on any atom is 0.289 e. The number of nitro benzene ring substituents is 1. The molecule has 3 N–H and O–H groups in total. The van der Waals surface area contributed by atoms with Crippen molar-refractivity contribution >= 4 is 34.8 Å². The van der Waals surface area contributed by atoms with E-state index in [0.717, 1.165) is 5.56 Å². The number of halogens is 1. The van der Waals surface area contributed by atoms with E-state index in [1.807, 2.05) is 35.2 Å². The summed E-state index contributed by atoms with van der Waals surface area (Å²) in [6.07, 6.45) is 1.16. The number of likely N-dealkylation sites (tertiary alicyclic amines) is 1.